The molecule has 2 atom stereocenters. The smallest absolute Gasteiger partial charge is 0.312 e. The molecular weight excluding hydrogens is 290 g/mol. The van der Waals surface area contributed by atoms with Crippen LogP contribution in [0.1, 0.15) is 56.9 Å². The van der Waals surface area contributed by atoms with Gasteiger partial charge in [0.1, 0.15) is 0 Å². The number of hydrogen-bond donors (Lipinski definition) is 2. The van der Waals surface area contributed by atoms with E-state index in [0.717, 1.165) is 5.56 Å². The van der Waals surface area contributed by atoms with Crippen molar-refractivity contribution in [2.45, 2.75) is 51.4 Å². The number of carboxylic acid groups (broad SMARTS) is 1. The largest absolute Gasteiger partial charge is 0.481 e. The summed E-state index contributed by atoms with van der Waals surface area (Å²) < 4.78 is 0. The van der Waals surface area contributed by atoms with Gasteiger partial charge in [-0.25, -0.2) is 0 Å². The summed E-state index contributed by atoms with van der Waals surface area (Å²) in [5.74, 6) is -0.624. The monoisotopic (exact) mass is 317 g/mol. The normalized spacial score (nSPS) is 18.1. The average molecular weight is 317 g/mol. The topological polar surface area (TPSA) is 66.4 Å². The van der Waals surface area contributed by atoms with Crippen LogP contribution in [-0.2, 0) is 9.59 Å². The molecule has 4 heteroatoms. The highest BCUT2D eigenvalue weighted by atomic mass is 16.4. The lowest BCUT2D eigenvalue weighted by Gasteiger charge is -2.27. The van der Waals surface area contributed by atoms with Crippen molar-refractivity contribution in [3.63, 3.8) is 0 Å². The van der Waals surface area contributed by atoms with Gasteiger partial charge in [-0.3, -0.25) is 9.59 Å². The molecule has 1 aliphatic carbocycles. The van der Waals surface area contributed by atoms with E-state index in [9.17, 15) is 14.7 Å². The van der Waals surface area contributed by atoms with Gasteiger partial charge in [-0.05, 0) is 17.4 Å². The SMILES string of the molecule is CC(CC(=O)NCC(C(=O)O)c1ccccc1)C1CCCCC1. The maximum atomic E-state index is 12.2. The quantitative estimate of drug-likeness (QED) is 0.808. The second-order valence-electron chi connectivity index (χ2n) is 6.69. The minimum Gasteiger partial charge on any atom is -0.481 e. The summed E-state index contributed by atoms with van der Waals surface area (Å²) in [6.07, 6.45) is 6.78. The van der Waals surface area contributed by atoms with E-state index >= 15 is 0 Å². The van der Waals surface area contributed by atoms with Gasteiger partial charge in [0.15, 0.2) is 0 Å². The summed E-state index contributed by atoms with van der Waals surface area (Å²) in [7, 11) is 0. The van der Waals surface area contributed by atoms with Gasteiger partial charge >= 0.3 is 5.97 Å². The minimum atomic E-state index is -0.906. The van der Waals surface area contributed by atoms with Gasteiger partial charge in [0.25, 0.3) is 0 Å². The summed E-state index contributed by atoms with van der Waals surface area (Å²) in [6, 6.07) is 9.06. The number of benzene rings is 1. The maximum absolute atomic E-state index is 12.2. The molecule has 0 radical (unpaired) electrons. The van der Waals surface area contributed by atoms with Gasteiger partial charge in [0.2, 0.25) is 5.91 Å². The molecule has 1 amide bonds. The van der Waals surface area contributed by atoms with Crippen LogP contribution in [0.4, 0.5) is 0 Å². The Morgan fingerprint density at radius 3 is 2.43 bits per heavy atom. The molecular formula is C19H27NO3. The molecule has 2 rings (SSSR count). The van der Waals surface area contributed by atoms with Crippen LogP contribution in [0.25, 0.3) is 0 Å². The number of carbonyl (C=O) groups excluding carboxylic acids is 1. The molecule has 4 nitrogen and oxygen atoms in total. The van der Waals surface area contributed by atoms with Crippen molar-refractivity contribution in [2.75, 3.05) is 6.54 Å². The predicted octanol–water partition coefficient (Wildman–Crippen LogP) is 3.58. The molecule has 0 bridgehead atoms. The Bertz CT molecular complexity index is 509. The molecule has 1 saturated carbocycles. The van der Waals surface area contributed by atoms with E-state index in [-0.39, 0.29) is 12.5 Å². The van der Waals surface area contributed by atoms with Crippen molar-refractivity contribution >= 4 is 11.9 Å². The van der Waals surface area contributed by atoms with Crippen LogP contribution in [0.5, 0.6) is 0 Å². The van der Waals surface area contributed by atoms with Crippen molar-refractivity contribution in [1.29, 1.82) is 0 Å². The lowest BCUT2D eigenvalue weighted by Crippen LogP contribution is -2.33. The van der Waals surface area contributed by atoms with Crippen molar-refractivity contribution in [2.24, 2.45) is 11.8 Å². The fourth-order valence-electron chi connectivity index (χ4n) is 3.48. The minimum absolute atomic E-state index is 0.0368. The third-order valence-electron chi connectivity index (χ3n) is 4.97. The highest BCUT2D eigenvalue weighted by Gasteiger charge is 2.24. The van der Waals surface area contributed by atoms with E-state index in [1.165, 1.54) is 32.1 Å². The summed E-state index contributed by atoms with van der Waals surface area (Å²) in [6.45, 7) is 2.29. The molecule has 23 heavy (non-hydrogen) atoms. The first kappa shape index (κ1) is 17.5. The van der Waals surface area contributed by atoms with Gasteiger partial charge in [-0.2, -0.15) is 0 Å². The maximum Gasteiger partial charge on any atom is 0.312 e. The van der Waals surface area contributed by atoms with E-state index < -0.39 is 11.9 Å². The van der Waals surface area contributed by atoms with E-state index in [4.69, 9.17) is 0 Å². The number of nitrogens with one attached hydrogen (secondary N) is 1. The highest BCUT2D eigenvalue weighted by molar-refractivity contribution is 5.79. The van der Waals surface area contributed by atoms with Crippen LogP contribution in [0.15, 0.2) is 30.3 Å². The summed E-state index contributed by atoms with van der Waals surface area (Å²) in [5, 5.41) is 12.2. The number of carboxylic acids is 1. The lowest BCUT2D eigenvalue weighted by atomic mass is 9.79. The summed E-state index contributed by atoms with van der Waals surface area (Å²) >= 11 is 0. The molecule has 2 unspecified atom stereocenters. The number of aliphatic carboxylic acids is 1. The van der Waals surface area contributed by atoms with Crippen LogP contribution >= 0.6 is 0 Å². The molecule has 0 heterocycles. The zero-order valence-corrected chi connectivity index (χ0v) is 13.8. The summed E-state index contributed by atoms with van der Waals surface area (Å²) in [5.41, 5.74) is 0.723. The molecule has 1 aliphatic rings. The molecule has 0 aliphatic heterocycles. The molecule has 0 saturated heterocycles. The highest BCUT2D eigenvalue weighted by Crippen LogP contribution is 2.31. The number of carbonyl (C=O) groups is 2. The number of amides is 1. The van der Waals surface area contributed by atoms with Gasteiger partial charge in [0.05, 0.1) is 5.92 Å². The number of hydrogen-bond acceptors (Lipinski definition) is 2. The molecule has 1 aromatic carbocycles. The predicted molar refractivity (Wildman–Crippen MR) is 90.2 cm³/mol. The van der Waals surface area contributed by atoms with Crippen molar-refractivity contribution in [3.8, 4) is 0 Å². The zero-order chi connectivity index (χ0) is 16.7. The zero-order valence-electron chi connectivity index (χ0n) is 13.8. The standard InChI is InChI=1S/C19H27NO3/c1-14(15-8-4-2-5-9-15)12-18(21)20-13-17(19(22)23)16-10-6-3-7-11-16/h3,6-7,10-11,14-15,17H,2,4-5,8-9,12-13H2,1H3,(H,20,21)(H,22,23). The van der Waals surface area contributed by atoms with Crippen LogP contribution in [0, 0.1) is 11.8 Å². The van der Waals surface area contributed by atoms with Crippen molar-refractivity contribution in [1.82, 2.24) is 5.32 Å². The van der Waals surface area contributed by atoms with Gasteiger partial charge in [0, 0.05) is 13.0 Å². The Balaban J connectivity index is 1.83. The Morgan fingerprint density at radius 2 is 1.83 bits per heavy atom. The molecule has 0 spiro atoms. The van der Waals surface area contributed by atoms with Gasteiger partial charge < -0.3 is 10.4 Å². The van der Waals surface area contributed by atoms with Gasteiger partial charge in [-0.1, -0.05) is 69.4 Å². The van der Waals surface area contributed by atoms with Gasteiger partial charge in [-0.15, -0.1) is 0 Å². The lowest BCUT2D eigenvalue weighted by molar-refractivity contribution is -0.138. The molecule has 0 aromatic heterocycles. The van der Waals surface area contributed by atoms with E-state index in [1.807, 2.05) is 18.2 Å². The second kappa shape index (κ2) is 8.70. The average Bonchev–Trinajstić information content (AvgIpc) is 2.56. The Labute approximate surface area is 138 Å². The third-order valence-corrected chi connectivity index (χ3v) is 4.97. The fraction of sp³-hybridized carbons (Fsp3) is 0.579. The van der Waals surface area contributed by atoms with Crippen LogP contribution < -0.4 is 5.32 Å². The van der Waals surface area contributed by atoms with Crippen molar-refractivity contribution in [3.05, 3.63) is 35.9 Å². The third kappa shape index (κ3) is 5.38. The first-order chi connectivity index (χ1) is 11.1. The fourth-order valence-corrected chi connectivity index (χ4v) is 3.48. The second-order valence-corrected chi connectivity index (χ2v) is 6.69. The Kier molecular flexibility index (Phi) is 6.63. The molecule has 1 aromatic rings. The van der Waals surface area contributed by atoms with Crippen LogP contribution in [0.2, 0.25) is 0 Å². The summed E-state index contributed by atoms with van der Waals surface area (Å²) in [4.78, 5) is 23.6. The Hall–Kier alpha value is -1.84. The number of rotatable bonds is 7. The Morgan fingerprint density at radius 1 is 1.17 bits per heavy atom. The molecule has 2 N–H and O–H groups in total. The first-order valence-corrected chi connectivity index (χ1v) is 8.62. The van der Waals surface area contributed by atoms with E-state index in [1.54, 1.807) is 12.1 Å². The van der Waals surface area contributed by atoms with E-state index in [2.05, 4.69) is 12.2 Å². The van der Waals surface area contributed by atoms with Crippen LogP contribution in [0.3, 0.4) is 0 Å². The molecule has 126 valence electrons. The molecule has 1 fully saturated rings. The first-order valence-electron chi connectivity index (χ1n) is 8.62. The van der Waals surface area contributed by atoms with Crippen molar-refractivity contribution < 1.29 is 14.7 Å². The van der Waals surface area contributed by atoms with Crippen LogP contribution in [-0.4, -0.2) is 23.5 Å². The van der Waals surface area contributed by atoms with E-state index in [0.29, 0.717) is 18.3 Å².